The Kier molecular flexibility index (Phi) is 4.82. The van der Waals surface area contributed by atoms with E-state index < -0.39 is 5.60 Å². The molecule has 0 aromatic heterocycles. The molecule has 0 aliphatic carbocycles. The van der Waals surface area contributed by atoms with Gasteiger partial charge >= 0.3 is 6.09 Å². The van der Waals surface area contributed by atoms with Gasteiger partial charge in [0.05, 0.1) is 0 Å². The Morgan fingerprint density at radius 1 is 1.58 bits per heavy atom. The molecule has 1 unspecified atom stereocenters. The summed E-state index contributed by atoms with van der Waals surface area (Å²) < 4.78 is 5.24. The first-order valence-electron chi connectivity index (χ1n) is 6.41. The molecule has 1 heterocycles. The van der Waals surface area contributed by atoms with Crippen LogP contribution in [0.4, 0.5) is 4.79 Å². The predicted octanol–water partition coefficient (Wildman–Crippen LogP) is 1.33. The molecular weight excluding hydrogens is 244 g/mol. The van der Waals surface area contributed by atoms with Crippen LogP contribution in [0.25, 0.3) is 0 Å². The van der Waals surface area contributed by atoms with Crippen LogP contribution in [0.15, 0.2) is 0 Å². The summed E-state index contributed by atoms with van der Waals surface area (Å²) in [7, 11) is 1.66. The number of rotatable bonds is 3. The molecular formula is C14H22N2O3. The molecule has 1 aliphatic heterocycles. The molecule has 0 aromatic rings. The van der Waals surface area contributed by atoms with Gasteiger partial charge in [0.1, 0.15) is 5.60 Å². The highest BCUT2D eigenvalue weighted by molar-refractivity contribution is 5.79. The number of nitrogens with zero attached hydrogens (tertiary/aromatic N) is 2. The van der Waals surface area contributed by atoms with Crippen molar-refractivity contribution in [1.29, 1.82) is 0 Å². The zero-order valence-electron chi connectivity index (χ0n) is 12.1. The summed E-state index contributed by atoms with van der Waals surface area (Å²) in [6, 6.07) is 0. The van der Waals surface area contributed by atoms with Crippen molar-refractivity contribution < 1.29 is 14.3 Å². The quantitative estimate of drug-likeness (QED) is 0.724. The van der Waals surface area contributed by atoms with Crippen molar-refractivity contribution in [1.82, 2.24) is 9.80 Å². The third-order valence-corrected chi connectivity index (χ3v) is 2.86. The van der Waals surface area contributed by atoms with Gasteiger partial charge in [-0.15, -0.1) is 12.3 Å². The van der Waals surface area contributed by atoms with Gasteiger partial charge in [-0.2, -0.15) is 0 Å². The maximum Gasteiger partial charge on any atom is 0.410 e. The van der Waals surface area contributed by atoms with E-state index >= 15 is 0 Å². The van der Waals surface area contributed by atoms with E-state index in [0.29, 0.717) is 26.1 Å². The molecule has 2 amide bonds. The first-order valence-corrected chi connectivity index (χ1v) is 6.41. The van der Waals surface area contributed by atoms with Crippen molar-refractivity contribution in [2.75, 3.05) is 26.7 Å². The summed E-state index contributed by atoms with van der Waals surface area (Å²) in [5.41, 5.74) is -0.511. The molecule has 0 radical (unpaired) electrons. The van der Waals surface area contributed by atoms with Crippen LogP contribution in [0.1, 0.15) is 27.2 Å². The van der Waals surface area contributed by atoms with Crippen LogP contribution in [0.2, 0.25) is 0 Å². The highest BCUT2D eigenvalue weighted by Gasteiger charge is 2.28. The number of hydrogen-bond acceptors (Lipinski definition) is 3. The van der Waals surface area contributed by atoms with Crippen LogP contribution in [0.3, 0.4) is 0 Å². The average Bonchev–Trinajstić information content (AvgIpc) is 2.64. The molecule has 1 fully saturated rings. The Morgan fingerprint density at radius 3 is 2.68 bits per heavy atom. The third kappa shape index (κ3) is 4.82. The van der Waals surface area contributed by atoms with Gasteiger partial charge in [-0.05, 0) is 20.8 Å². The normalized spacial score (nSPS) is 19.2. The summed E-state index contributed by atoms with van der Waals surface area (Å²) in [6.45, 7) is 6.98. The lowest BCUT2D eigenvalue weighted by Gasteiger charge is -2.26. The maximum atomic E-state index is 11.7. The number of hydrogen-bond donors (Lipinski definition) is 0. The van der Waals surface area contributed by atoms with Gasteiger partial charge in [-0.25, -0.2) is 4.79 Å². The van der Waals surface area contributed by atoms with Gasteiger partial charge in [0.25, 0.3) is 0 Å². The number of terminal acetylenes is 1. The van der Waals surface area contributed by atoms with E-state index in [2.05, 4.69) is 5.92 Å². The van der Waals surface area contributed by atoms with Gasteiger partial charge in [-0.3, -0.25) is 4.79 Å². The fourth-order valence-electron chi connectivity index (χ4n) is 1.80. The largest absolute Gasteiger partial charge is 0.444 e. The van der Waals surface area contributed by atoms with Gasteiger partial charge in [0.15, 0.2) is 0 Å². The lowest BCUT2D eigenvalue weighted by atomic mass is 10.1. The van der Waals surface area contributed by atoms with E-state index in [1.807, 2.05) is 20.8 Å². The number of likely N-dealkylation sites (tertiary alicyclic amines) is 1. The van der Waals surface area contributed by atoms with Crippen LogP contribution in [-0.4, -0.2) is 54.1 Å². The van der Waals surface area contributed by atoms with Crippen molar-refractivity contribution in [3.05, 3.63) is 0 Å². The topological polar surface area (TPSA) is 49.9 Å². The monoisotopic (exact) mass is 266 g/mol. The first kappa shape index (κ1) is 15.4. The number of amides is 2. The van der Waals surface area contributed by atoms with Gasteiger partial charge in [0.2, 0.25) is 5.91 Å². The molecule has 19 heavy (non-hydrogen) atoms. The van der Waals surface area contributed by atoms with E-state index in [9.17, 15) is 9.59 Å². The Morgan fingerprint density at radius 2 is 2.21 bits per heavy atom. The Balaban J connectivity index is 2.39. The van der Waals surface area contributed by atoms with E-state index in [1.165, 1.54) is 4.90 Å². The van der Waals surface area contributed by atoms with E-state index in [1.54, 1.807) is 11.9 Å². The fourth-order valence-corrected chi connectivity index (χ4v) is 1.80. The van der Waals surface area contributed by atoms with Crippen LogP contribution < -0.4 is 0 Å². The lowest BCUT2D eigenvalue weighted by Crippen LogP contribution is -2.39. The Bertz CT molecular complexity index is 392. The van der Waals surface area contributed by atoms with Crippen LogP contribution in [-0.2, 0) is 9.53 Å². The third-order valence-electron chi connectivity index (χ3n) is 2.86. The minimum Gasteiger partial charge on any atom is -0.444 e. The molecule has 0 saturated carbocycles. The van der Waals surface area contributed by atoms with E-state index in [4.69, 9.17) is 11.2 Å². The maximum absolute atomic E-state index is 11.7. The summed E-state index contributed by atoms with van der Waals surface area (Å²) in [5, 5.41) is 0. The molecule has 5 heteroatoms. The number of ether oxygens (including phenoxy) is 1. The smallest absolute Gasteiger partial charge is 0.410 e. The second-order valence-electron chi connectivity index (χ2n) is 5.81. The standard InChI is InChI=1S/C14H22N2O3/c1-6-11-9-12(17)16(10-11)8-7-15(5)13(18)19-14(2,3)4/h1,11H,7-10H2,2-5H3. The molecule has 0 N–H and O–H groups in total. The van der Waals surface area contributed by atoms with E-state index in [0.717, 1.165) is 0 Å². The molecule has 1 aliphatic rings. The molecule has 1 rings (SSSR count). The zero-order chi connectivity index (χ0) is 14.6. The second kappa shape index (κ2) is 5.96. The molecule has 0 bridgehead atoms. The van der Waals surface area contributed by atoms with E-state index in [-0.39, 0.29) is 17.9 Å². The van der Waals surface area contributed by atoms with Crippen molar-refractivity contribution in [2.24, 2.45) is 5.92 Å². The Hall–Kier alpha value is -1.70. The first-order chi connectivity index (χ1) is 8.73. The molecule has 0 aromatic carbocycles. The zero-order valence-corrected chi connectivity index (χ0v) is 12.1. The summed E-state index contributed by atoms with van der Waals surface area (Å²) >= 11 is 0. The second-order valence-corrected chi connectivity index (χ2v) is 5.81. The van der Waals surface area contributed by atoms with Crippen LogP contribution in [0.5, 0.6) is 0 Å². The average molecular weight is 266 g/mol. The highest BCUT2D eigenvalue weighted by Crippen LogP contribution is 2.16. The highest BCUT2D eigenvalue weighted by atomic mass is 16.6. The van der Waals surface area contributed by atoms with Gasteiger partial charge in [0, 0.05) is 39.0 Å². The van der Waals surface area contributed by atoms with Crippen molar-refractivity contribution >= 4 is 12.0 Å². The van der Waals surface area contributed by atoms with Gasteiger partial charge < -0.3 is 14.5 Å². The SMILES string of the molecule is C#CC1CC(=O)N(CCN(C)C(=O)OC(C)(C)C)C1. The molecule has 1 atom stereocenters. The summed E-state index contributed by atoms with van der Waals surface area (Å²) in [6.07, 6.45) is 5.35. The molecule has 106 valence electrons. The minimum atomic E-state index is -0.511. The fraction of sp³-hybridized carbons (Fsp3) is 0.714. The van der Waals surface area contributed by atoms with Gasteiger partial charge in [-0.1, -0.05) is 0 Å². The summed E-state index contributed by atoms with van der Waals surface area (Å²) in [5.74, 6) is 2.65. The van der Waals surface area contributed by atoms with Crippen LogP contribution >= 0.6 is 0 Å². The lowest BCUT2D eigenvalue weighted by molar-refractivity contribution is -0.127. The molecule has 1 saturated heterocycles. The number of carbonyl (C=O) groups is 2. The molecule has 5 nitrogen and oxygen atoms in total. The molecule has 0 spiro atoms. The Labute approximate surface area is 114 Å². The van der Waals surface area contributed by atoms with Crippen LogP contribution in [0, 0.1) is 18.3 Å². The summed E-state index contributed by atoms with van der Waals surface area (Å²) in [4.78, 5) is 26.6. The van der Waals surface area contributed by atoms with Crippen molar-refractivity contribution in [3.63, 3.8) is 0 Å². The predicted molar refractivity (Wildman–Crippen MR) is 72.4 cm³/mol. The van der Waals surface area contributed by atoms with Crippen molar-refractivity contribution in [2.45, 2.75) is 32.8 Å². The number of carbonyl (C=O) groups excluding carboxylic acids is 2. The van der Waals surface area contributed by atoms with Crippen molar-refractivity contribution in [3.8, 4) is 12.3 Å². The minimum absolute atomic E-state index is 0.000618. The number of likely N-dealkylation sites (N-methyl/N-ethyl adjacent to an activating group) is 1.